The number of ether oxygens (including phenoxy) is 3. The molecule has 3 aromatic rings. The number of carbonyl (C=O) groups is 3. The van der Waals surface area contributed by atoms with E-state index in [0.717, 1.165) is 31.6 Å². The topological polar surface area (TPSA) is 287 Å². The van der Waals surface area contributed by atoms with Gasteiger partial charge in [0.2, 0.25) is 6.23 Å². The number of nitrogens with two attached hydrogens (primary N) is 1. The zero-order chi connectivity index (χ0) is 43.8. The predicted molar refractivity (Wildman–Crippen MR) is 200 cm³/mol. The number of benzene rings is 2. The van der Waals surface area contributed by atoms with E-state index in [2.05, 4.69) is 4.98 Å². The fourth-order valence-electron chi connectivity index (χ4n) is 8.17. The molecule has 19 nitrogen and oxygen atoms in total. The summed E-state index contributed by atoms with van der Waals surface area (Å²) in [6.07, 6.45) is -8.08. The van der Waals surface area contributed by atoms with Crippen molar-refractivity contribution in [3.8, 4) is 11.5 Å². The van der Waals surface area contributed by atoms with Crippen LogP contribution < -0.4 is 11.4 Å². The number of ketones is 3. The molecule has 0 radical (unpaired) electrons. The van der Waals surface area contributed by atoms with E-state index < -0.39 is 118 Å². The molecule has 4 heterocycles. The van der Waals surface area contributed by atoms with E-state index in [9.17, 15) is 56.8 Å². The molecule has 0 amide bonds. The number of halogens is 2. The lowest BCUT2D eigenvalue weighted by Gasteiger charge is -2.43. The number of alkyl halides is 2. The van der Waals surface area contributed by atoms with Crippen molar-refractivity contribution in [2.45, 2.75) is 93.7 Å². The van der Waals surface area contributed by atoms with Crippen molar-refractivity contribution in [2.24, 2.45) is 0 Å². The number of anilines is 1. The van der Waals surface area contributed by atoms with Gasteiger partial charge in [0.05, 0.1) is 36.2 Å². The van der Waals surface area contributed by atoms with Crippen LogP contribution in [-0.4, -0.2) is 140 Å². The van der Waals surface area contributed by atoms with Gasteiger partial charge in [0.1, 0.15) is 35.1 Å². The molecule has 3 fully saturated rings. The standard InChI is InChI=1S/C29H31NO11S.C9H11F2N3O4/c1-13-28(41-42(3,37)38)18(30-8-9-30)10-20(39-13)40-19-12-29(36,14(2)31)11-17-21(19)27(35)23-22(26(17)34)24(32)15-6-4-5-7-16(15)25(23)33;10-9(11)6(16)4(3-15)18-7(9)14-2-1-5(12)13-8(14)17/h4-7,13,18-20,28,34-36H,8-12H2,1-3H3;1-2,4,6-7,15-16H,3H2,(H2,12,13,17)/t13-,18-,19-,20-,28+,29-;4-,6-,7-/m01/s1. The van der Waals surface area contributed by atoms with E-state index in [1.165, 1.54) is 19.1 Å². The highest BCUT2D eigenvalue weighted by Gasteiger charge is 2.59. The second-order valence-corrected chi connectivity index (χ2v) is 17.0. The number of fused-ring (bicyclic) bond motifs is 3. The summed E-state index contributed by atoms with van der Waals surface area (Å²) in [6, 6.07) is 6.82. The molecule has 22 heteroatoms. The highest BCUT2D eigenvalue weighted by atomic mass is 32.2. The van der Waals surface area contributed by atoms with Crippen LogP contribution in [0.5, 0.6) is 11.5 Å². The maximum atomic E-state index is 13.7. The molecule has 324 valence electrons. The number of nitrogen functional groups attached to an aromatic ring is 1. The van der Waals surface area contributed by atoms with Crippen molar-refractivity contribution in [3.63, 3.8) is 0 Å². The van der Waals surface area contributed by atoms with Crippen LogP contribution >= 0.6 is 0 Å². The lowest BCUT2D eigenvalue weighted by Crippen LogP contribution is -2.53. The number of aliphatic hydroxyl groups excluding tert-OH is 2. The largest absolute Gasteiger partial charge is 0.507 e. The smallest absolute Gasteiger partial charge is 0.351 e. The molecular weight excluding hydrogens is 822 g/mol. The van der Waals surface area contributed by atoms with Crippen molar-refractivity contribution in [3.05, 3.63) is 80.4 Å². The summed E-state index contributed by atoms with van der Waals surface area (Å²) >= 11 is 0. The first-order chi connectivity index (χ1) is 28.1. The highest BCUT2D eigenvalue weighted by Crippen LogP contribution is 2.52. The molecule has 9 atom stereocenters. The van der Waals surface area contributed by atoms with Gasteiger partial charge >= 0.3 is 11.6 Å². The molecule has 8 rings (SSSR count). The average Bonchev–Trinajstić information content (AvgIpc) is 3.99. The van der Waals surface area contributed by atoms with Crippen LogP contribution in [0.1, 0.15) is 82.0 Å². The molecule has 60 heavy (non-hydrogen) atoms. The van der Waals surface area contributed by atoms with Gasteiger partial charge in [-0.1, -0.05) is 24.3 Å². The van der Waals surface area contributed by atoms with E-state index in [1.54, 1.807) is 19.1 Å². The van der Waals surface area contributed by atoms with Crippen LogP contribution in [0.25, 0.3) is 0 Å². The molecule has 0 spiro atoms. The zero-order valence-electron chi connectivity index (χ0n) is 32.2. The van der Waals surface area contributed by atoms with E-state index in [4.69, 9.17) is 29.2 Å². The first-order valence-electron chi connectivity index (χ1n) is 18.7. The van der Waals surface area contributed by atoms with Gasteiger partial charge in [0.15, 0.2) is 29.7 Å². The molecule has 3 saturated heterocycles. The monoisotopic (exact) mass is 864 g/mol. The Morgan fingerprint density at radius 1 is 1.05 bits per heavy atom. The number of Topliss-reactive ketones (excluding diaryl/α,β-unsaturated/α-hetero) is 1. The minimum absolute atomic E-state index is 0.0215. The van der Waals surface area contributed by atoms with Crippen molar-refractivity contribution < 1.29 is 75.5 Å². The second-order valence-electron chi connectivity index (χ2n) is 15.4. The predicted octanol–water partition coefficient (Wildman–Crippen LogP) is 0.0725. The van der Waals surface area contributed by atoms with E-state index in [0.29, 0.717) is 4.57 Å². The van der Waals surface area contributed by atoms with Gasteiger partial charge in [-0.05, 0) is 19.9 Å². The molecule has 2 aromatic carbocycles. The first-order valence-corrected chi connectivity index (χ1v) is 20.5. The van der Waals surface area contributed by atoms with Crippen molar-refractivity contribution in [2.75, 3.05) is 31.7 Å². The Bertz CT molecular complexity index is 2430. The van der Waals surface area contributed by atoms with E-state index in [-0.39, 0.29) is 52.5 Å². The number of phenolic OH excluding ortho intramolecular Hbond substituents is 2. The van der Waals surface area contributed by atoms with Crippen LogP contribution in [-0.2, 0) is 39.7 Å². The molecular formula is C38H42F2N4O15S. The Kier molecular flexibility index (Phi) is 11.3. The summed E-state index contributed by atoms with van der Waals surface area (Å²) in [5, 5.41) is 52.4. The van der Waals surface area contributed by atoms with Crippen molar-refractivity contribution in [1.29, 1.82) is 0 Å². The van der Waals surface area contributed by atoms with Gasteiger partial charge in [-0.3, -0.25) is 28.0 Å². The molecule has 7 N–H and O–H groups in total. The summed E-state index contributed by atoms with van der Waals surface area (Å²) in [5.74, 6) is -6.97. The number of aromatic nitrogens is 2. The molecule has 5 aliphatic rings. The highest BCUT2D eigenvalue weighted by molar-refractivity contribution is 7.86. The molecule has 3 aliphatic heterocycles. The molecule has 0 bridgehead atoms. The number of carbonyl (C=O) groups excluding carboxylic acids is 3. The Morgan fingerprint density at radius 2 is 1.67 bits per heavy atom. The summed E-state index contributed by atoms with van der Waals surface area (Å²) in [5.41, 5.74) is 1.45. The van der Waals surface area contributed by atoms with Crippen LogP contribution in [0.15, 0.2) is 41.3 Å². The third-order valence-electron chi connectivity index (χ3n) is 11.3. The van der Waals surface area contributed by atoms with E-state index in [1.807, 2.05) is 4.90 Å². The third-order valence-corrected chi connectivity index (χ3v) is 11.9. The number of hydrogen-bond acceptors (Lipinski definition) is 18. The molecule has 0 unspecified atom stereocenters. The fraction of sp³-hybridized carbons (Fsp3) is 0.500. The van der Waals surface area contributed by atoms with Crippen LogP contribution in [0.2, 0.25) is 0 Å². The Hall–Kier alpha value is -4.78. The van der Waals surface area contributed by atoms with Crippen LogP contribution in [0.4, 0.5) is 14.6 Å². The molecule has 1 aromatic heterocycles. The maximum Gasteiger partial charge on any atom is 0.351 e. The second kappa shape index (κ2) is 15.6. The summed E-state index contributed by atoms with van der Waals surface area (Å²) in [6.45, 7) is 3.49. The molecule has 2 aliphatic carbocycles. The van der Waals surface area contributed by atoms with Crippen LogP contribution in [0, 0.1) is 0 Å². The number of hydrogen-bond donors (Lipinski definition) is 6. The first kappa shape index (κ1) is 43.3. The van der Waals surface area contributed by atoms with Gasteiger partial charge in [-0.15, -0.1) is 0 Å². The number of nitrogens with zero attached hydrogens (tertiary/aromatic N) is 3. The van der Waals surface area contributed by atoms with Gasteiger partial charge < -0.3 is 45.5 Å². The van der Waals surface area contributed by atoms with E-state index >= 15 is 0 Å². The fourth-order valence-corrected chi connectivity index (χ4v) is 8.86. The van der Waals surface area contributed by atoms with Gasteiger partial charge in [-0.2, -0.15) is 22.2 Å². The van der Waals surface area contributed by atoms with Gasteiger partial charge in [0, 0.05) is 66.8 Å². The summed E-state index contributed by atoms with van der Waals surface area (Å²) in [7, 11) is -3.79. The minimum atomic E-state index is -3.79. The normalized spacial score (nSPS) is 30.7. The third kappa shape index (κ3) is 7.71. The van der Waals surface area contributed by atoms with Crippen molar-refractivity contribution in [1.82, 2.24) is 14.5 Å². The number of aromatic hydroxyl groups is 2. The number of aliphatic hydroxyl groups is 3. The number of phenols is 2. The average molecular weight is 865 g/mol. The van der Waals surface area contributed by atoms with Gasteiger partial charge in [-0.25, -0.2) is 4.79 Å². The van der Waals surface area contributed by atoms with Crippen molar-refractivity contribution >= 4 is 33.3 Å². The Labute approximate surface area is 340 Å². The van der Waals surface area contributed by atoms with Gasteiger partial charge in [0.25, 0.3) is 10.1 Å². The quantitative estimate of drug-likeness (QED) is 0.0776. The Balaban J connectivity index is 0.000000253. The lowest BCUT2D eigenvalue weighted by molar-refractivity contribution is -0.250. The summed E-state index contributed by atoms with van der Waals surface area (Å²) < 4.78 is 74.2. The number of rotatable bonds is 8. The lowest BCUT2D eigenvalue weighted by atomic mass is 9.72. The van der Waals surface area contributed by atoms with Crippen LogP contribution in [0.3, 0.4) is 0 Å². The zero-order valence-corrected chi connectivity index (χ0v) is 33.0. The summed E-state index contributed by atoms with van der Waals surface area (Å²) in [4.78, 5) is 56.3. The maximum absolute atomic E-state index is 13.7. The minimum Gasteiger partial charge on any atom is -0.507 e. The Morgan fingerprint density at radius 3 is 2.20 bits per heavy atom. The SMILES string of the molecule is CC(=O)[C@]1(O)Cc2c(O)c3c(c(O)c2[C@@H](O[C@H]2C[C@H](N4CC4)[C@H](OS(C)(=O)=O)[C@H](C)O2)C1)C(=O)c1ccccc1C3=O.Nc1ccn([C@@H]2O[C@H](CO)[C@@H](O)C2(F)F)c(=O)n1. The molecule has 0 saturated carbocycles.